The molecule has 1 unspecified atom stereocenters. The predicted octanol–water partition coefficient (Wildman–Crippen LogP) is 4.55. The van der Waals surface area contributed by atoms with E-state index in [0.717, 1.165) is 21.7 Å². The van der Waals surface area contributed by atoms with E-state index >= 15 is 0 Å². The molecule has 0 aliphatic heterocycles. The van der Waals surface area contributed by atoms with Gasteiger partial charge in [-0.15, -0.1) is 0 Å². The Morgan fingerprint density at radius 3 is 2.46 bits per heavy atom. The van der Waals surface area contributed by atoms with Gasteiger partial charge in [0.25, 0.3) is 0 Å². The van der Waals surface area contributed by atoms with Crippen LogP contribution in [0.25, 0.3) is 0 Å². The van der Waals surface area contributed by atoms with Crippen LogP contribution in [-0.2, 0) is 6.61 Å². The van der Waals surface area contributed by atoms with Crippen LogP contribution in [0, 0.1) is 12.7 Å². The molecule has 0 fully saturated rings. The Balaban J connectivity index is 1.98. The minimum absolute atomic E-state index is 0.134. The van der Waals surface area contributed by atoms with Crippen LogP contribution in [0.2, 0.25) is 0 Å². The molecular weight excluding hydrogens is 374 g/mol. The van der Waals surface area contributed by atoms with Crippen molar-refractivity contribution in [3.05, 3.63) is 83.2 Å². The number of hydrogen-bond acceptors (Lipinski definition) is 3. The quantitative estimate of drug-likeness (QED) is 0.434. The SMILES string of the molecule is COc1cc(C)cc(Pc2ccc(F)cc2C(C)=O)c1OCc1ccccc1. The van der Waals surface area contributed by atoms with Crippen LogP contribution >= 0.6 is 8.58 Å². The number of Topliss-reactive ketones (excluding diaryl/α,β-unsaturated/α-hetero) is 1. The van der Waals surface area contributed by atoms with Crippen molar-refractivity contribution >= 4 is 25.0 Å². The van der Waals surface area contributed by atoms with Gasteiger partial charge in [0.2, 0.25) is 0 Å². The first-order valence-electron chi connectivity index (χ1n) is 8.91. The molecule has 0 amide bonds. The van der Waals surface area contributed by atoms with Crippen LogP contribution in [0.5, 0.6) is 11.5 Å². The number of methoxy groups -OCH3 is 1. The molecule has 0 aliphatic rings. The summed E-state index contributed by atoms with van der Waals surface area (Å²) in [7, 11) is 1.74. The average molecular weight is 396 g/mol. The lowest BCUT2D eigenvalue weighted by Gasteiger charge is -2.17. The minimum Gasteiger partial charge on any atom is -0.493 e. The highest BCUT2D eigenvalue weighted by molar-refractivity contribution is 7.56. The number of rotatable bonds is 7. The maximum atomic E-state index is 13.6. The summed E-state index contributed by atoms with van der Waals surface area (Å²) in [5, 5.41) is 1.70. The van der Waals surface area contributed by atoms with E-state index < -0.39 is 5.82 Å². The number of benzene rings is 3. The number of ether oxygens (including phenoxy) is 2. The largest absolute Gasteiger partial charge is 0.493 e. The van der Waals surface area contributed by atoms with Crippen LogP contribution in [0.4, 0.5) is 4.39 Å². The van der Waals surface area contributed by atoms with Crippen LogP contribution in [0.15, 0.2) is 60.7 Å². The zero-order valence-electron chi connectivity index (χ0n) is 16.1. The number of carbonyl (C=O) groups is 1. The van der Waals surface area contributed by atoms with Crippen molar-refractivity contribution in [2.45, 2.75) is 20.5 Å². The van der Waals surface area contributed by atoms with Gasteiger partial charge in [0, 0.05) is 10.9 Å². The molecule has 0 radical (unpaired) electrons. The summed E-state index contributed by atoms with van der Waals surface area (Å²) >= 11 is 0. The summed E-state index contributed by atoms with van der Waals surface area (Å²) in [4.78, 5) is 12.0. The predicted molar refractivity (Wildman–Crippen MR) is 112 cm³/mol. The Hall–Kier alpha value is -2.71. The molecule has 3 rings (SSSR count). The molecule has 0 N–H and O–H groups in total. The highest BCUT2D eigenvalue weighted by Crippen LogP contribution is 2.32. The molecule has 0 bridgehead atoms. The van der Waals surface area contributed by atoms with Crippen LogP contribution in [0.1, 0.15) is 28.4 Å². The lowest BCUT2D eigenvalue weighted by Crippen LogP contribution is -2.15. The third-order valence-electron chi connectivity index (χ3n) is 4.28. The number of hydrogen-bond donors (Lipinski definition) is 0. The van der Waals surface area contributed by atoms with E-state index in [2.05, 4.69) is 0 Å². The fourth-order valence-corrected chi connectivity index (χ4v) is 4.37. The summed E-state index contributed by atoms with van der Waals surface area (Å²) in [5.74, 6) is 0.716. The number of halogens is 1. The summed E-state index contributed by atoms with van der Waals surface area (Å²) < 4.78 is 25.3. The Labute approximate surface area is 166 Å². The Bertz CT molecular complexity index is 987. The van der Waals surface area contributed by atoms with Crippen molar-refractivity contribution in [3.63, 3.8) is 0 Å². The fourth-order valence-electron chi connectivity index (χ4n) is 2.92. The average Bonchev–Trinajstić information content (AvgIpc) is 2.68. The van der Waals surface area contributed by atoms with Gasteiger partial charge in [-0.25, -0.2) is 4.39 Å². The van der Waals surface area contributed by atoms with Gasteiger partial charge >= 0.3 is 0 Å². The highest BCUT2D eigenvalue weighted by Gasteiger charge is 2.16. The molecule has 144 valence electrons. The van der Waals surface area contributed by atoms with Crippen molar-refractivity contribution in [2.75, 3.05) is 7.11 Å². The Morgan fingerprint density at radius 1 is 1.04 bits per heavy atom. The molecule has 5 heteroatoms. The molecule has 0 spiro atoms. The lowest BCUT2D eigenvalue weighted by atomic mass is 10.1. The fraction of sp³-hybridized carbons (Fsp3) is 0.174. The third-order valence-corrected chi connectivity index (χ3v) is 5.62. The van der Waals surface area contributed by atoms with E-state index in [1.165, 1.54) is 19.1 Å². The molecule has 0 aromatic heterocycles. The number of ketones is 1. The van der Waals surface area contributed by atoms with Gasteiger partial charge in [-0.2, -0.15) is 0 Å². The van der Waals surface area contributed by atoms with Gasteiger partial charge in [-0.3, -0.25) is 4.79 Å². The summed E-state index contributed by atoms with van der Waals surface area (Å²) in [6.07, 6.45) is 0. The van der Waals surface area contributed by atoms with E-state index in [1.54, 1.807) is 13.2 Å². The third kappa shape index (κ3) is 4.76. The van der Waals surface area contributed by atoms with Crippen LogP contribution in [0.3, 0.4) is 0 Å². The van der Waals surface area contributed by atoms with E-state index in [1.807, 2.05) is 49.4 Å². The van der Waals surface area contributed by atoms with Gasteiger partial charge in [0.05, 0.1) is 7.11 Å². The van der Waals surface area contributed by atoms with E-state index in [9.17, 15) is 9.18 Å². The maximum Gasteiger partial charge on any atom is 0.169 e. The second-order valence-corrected chi connectivity index (χ2v) is 7.82. The second-order valence-electron chi connectivity index (χ2n) is 6.49. The Morgan fingerprint density at radius 2 is 1.79 bits per heavy atom. The molecule has 28 heavy (non-hydrogen) atoms. The summed E-state index contributed by atoms with van der Waals surface area (Å²) in [6.45, 7) is 3.83. The van der Waals surface area contributed by atoms with E-state index in [4.69, 9.17) is 9.47 Å². The lowest BCUT2D eigenvalue weighted by molar-refractivity contribution is 0.101. The van der Waals surface area contributed by atoms with Gasteiger partial charge in [-0.05, 0) is 54.5 Å². The number of carbonyl (C=O) groups excluding carboxylic acids is 1. The zero-order valence-corrected chi connectivity index (χ0v) is 17.1. The molecule has 0 aliphatic carbocycles. The number of aryl methyl sites for hydroxylation is 1. The molecule has 3 aromatic carbocycles. The summed E-state index contributed by atoms with van der Waals surface area (Å²) in [5.41, 5.74) is 2.47. The first-order chi connectivity index (χ1) is 13.5. The maximum absolute atomic E-state index is 13.6. The van der Waals surface area contributed by atoms with Gasteiger partial charge in [0.1, 0.15) is 12.4 Å². The molecule has 0 saturated heterocycles. The van der Waals surface area contributed by atoms with Crippen molar-refractivity contribution in [3.8, 4) is 11.5 Å². The normalized spacial score (nSPS) is 11.0. The smallest absolute Gasteiger partial charge is 0.169 e. The molecular formula is C23H22FO3P. The monoisotopic (exact) mass is 396 g/mol. The topological polar surface area (TPSA) is 35.5 Å². The standard InChI is InChI=1S/C23H22FO3P/c1-15-11-20(26-3)23(27-14-17-7-5-4-6-8-17)22(12-15)28-21-10-9-18(24)13-19(21)16(2)25/h4-13,28H,14H2,1-3H3. The molecule has 0 saturated carbocycles. The summed E-state index contributed by atoms with van der Waals surface area (Å²) in [6, 6.07) is 18.2. The Kier molecular flexibility index (Phi) is 6.43. The first-order valence-corrected chi connectivity index (χ1v) is 9.91. The van der Waals surface area contributed by atoms with Gasteiger partial charge in [0.15, 0.2) is 17.3 Å². The molecule has 3 aromatic rings. The highest BCUT2D eigenvalue weighted by atomic mass is 31.1. The second kappa shape index (κ2) is 8.99. The zero-order chi connectivity index (χ0) is 20.1. The molecule has 3 nitrogen and oxygen atoms in total. The van der Waals surface area contributed by atoms with E-state index in [0.29, 0.717) is 23.7 Å². The van der Waals surface area contributed by atoms with Gasteiger partial charge < -0.3 is 9.47 Å². The molecule has 0 heterocycles. The van der Waals surface area contributed by atoms with Crippen molar-refractivity contribution < 1.29 is 18.7 Å². The van der Waals surface area contributed by atoms with Crippen LogP contribution in [-0.4, -0.2) is 12.9 Å². The van der Waals surface area contributed by atoms with Crippen molar-refractivity contribution in [2.24, 2.45) is 0 Å². The van der Waals surface area contributed by atoms with E-state index in [-0.39, 0.29) is 14.4 Å². The van der Waals surface area contributed by atoms with Crippen LogP contribution < -0.4 is 20.1 Å². The van der Waals surface area contributed by atoms with Crippen molar-refractivity contribution in [1.29, 1.82) is 0 Å². The minimum atomic E-state index is -0.416. The van der Waals surface area contributed by atoms with Crippen molar-refractivity contribution in [1.82, 2.24) is 0 Å². The molecule has 1 atom stereocenters. The first kappa shape index (κ1) is 20.0. The van der Waals surface area contributed by atoms with Gasteiger partial charge in [-0.1, -0.05) is 45.0 Å².